The van der Waals surface area contributed by atoms with Gasteiger partial charge in [-0.2, -0.15) is 22.0 Å². The molecule has 170 valence electrons. The van der Waals surface area contributed by atoms with Crippen molar-refractivity contribution in [2.75, 3.05) is 10.6 Å². The zero-order chi connectivity index (χ0) is 23.7. The first-order chi connectivity index (χ1) is 14.7. The highest BCUT2D eigenvalue weighted by Gasteiger charge is 2.33. The van der Waals surface area contributed by atoms with Gasteiger partial charge in [0.15, 0.2) is 5.82 Å². The number of nitrogens with zero attached hydrogens (tertiary/aromatic N) is 4. The molecule has 0 unspecified atom stereocenters. The van der Waals surface area contributed by atoms with E-state index >= 15 is 0 Å². The summed E-state index contributed by atoms with van der Waals surface area (Å²) in [6.07, 6.45) is -3.41. The second-order valence-electron chi connectivity index (χ2n) is 8.19. The van der Waals surface area contributed by atoms with Crippen LogP contribution in [-0.4, -0.2) is 25.5 Å². The first kappa shape index (κ1) is 23.3. The summed E-state index contributed by atoms with van der Waals surface area (Å²) in [6, 6.07) is 7.58. The minimum atomic E-state index is -4.63. The fourth-order valence-corrected chi connectivity index (χ4v) is 2.69. The molecule has 0 radical (unpaired) electrons. The number of rotatable bonds is 5. The van der Waals surface area contributed by atoms with Gasteiger partial charge in [0.05, 0.1) is 0 Å². The highest BCUT2D eigenvalue weighted by molar-refractivity contribution is 5.64. The van der Waals surface area contributed by atoms with Crippen LogP contribution in [0.25, 0.3) is 11.5 Å². The van der Waals surface area contributed by atoms with Gasteiger partial charge >= 0.3 is 6.18 Å². The summed E-state index contributed by atoms with van der Waals surface area (Å²) in [5.41, 5.74) is -1.75. The molecule has 0 amide bonds. The standard InChI is InChI=1S/C21H21F5N6/c1-19(2,3)32-17-11-16(28-12-8-9-27-15(10-12)20(4,22)23)30-18(31-17)13-6-5-7-14(29-13)21(24,25)26/h5-11H,1-4H3,(H2,27,28,30,31,32). The van der Waals surface area contributed by atoms with E-state index in [0.717, 1.165) is 13.0 Å². The molecule has 0 saturated carbocycles. The van der Waals surface area contributed by atoms with E-state index < -0.39 is 29.0 Å². The average molecular weight is 452 g/mol. The number of halogens is 5. The smallest absolute Gasteiger partial charge is 0.365 e. The molecule has 32 heavy (non-hydrogen) atoms. The number of anilines is 3. The third-order valence-electron chi connectivity index (χ3n) is 3.98. The Morgan fingerprint density at radius 3 is 2.09 bits per heavy atom. The summed E-state index contributed by atoms with van der Waals surface area (Å²) in [4.78, 5) is 15.8. The van der Waals surface area contributed by atoms with Crippen LogP contribution in [0.5, 0.6) is 0 Å². The second-order valence-corrected chi connectivity index (χ2v) is 8.19. The van der Waals surface area contributed by atoms with Gasteiger partial charge in [-0.3, -0.25) is 4.98 Å². The molecule has 0 aliphatic heterocycles. The summed E-state index contributed by atoms with van der Waals surface area (Å²) >= 11 is 0. The van der Waals surface area contributed by atoms with Crippen molar-refractivity contribution in [3.8, 4) is 11.5 Å². The van der Waals surface area contributed by atoms with Crippen LogP contribution in [0, 0.1) is 0 Å². The molecule has 0 fully saturated rings. The van der Waals surface area contributed by atoms with Crippen molar-refractivity contribution in [2.24, 2.45) is 0 Å². The van der Waals surface area contributed by atoms with Crippen molar-refractivity contribution in [3.63, 3.8) is 0 Å². The maximum absolute atomic E-state index is 13.6. The van der Waals surface area contributed by atoms with Crippen LogP contribution in [0.3, 0.4) is 0 Å². The fourth-order valence-electron chi connectivity index (χ4n) is 2.69. The van der Waals surface area contributed by atoms with E-state index in [2.05, 4.69) is 30.6 Å². The first-order valence-corrected chi connectivity index (χ1v) is 9.54. The van der Waals surface area contributed by atoms with Crippen molar-refractivity contribution in [1.82, 2.24) is 19.9 Å². The van der Waals surface area contributed by atoms with E-state index in [4.69, 9.17) is 0 Å². The SMILES string of the molecule is CC(C)(C)Nc1cc(Nc2ccnc(C(C)(F)F)c2)nc(-c2cccc(C(F)(F)F)n2)n1. The maximum atomic E-state index is 13.6. The zero-order valence-corrected chi connectivity index (χ0v) is 17.7. The monoisotopic (exact) mass is 452 g/mol. The lowest BCUT2D eigenvalue weighted by Gasteiger charge is -2.22. The van der Waals surface area contributed by atoms with E-state index in [0.29, 0.717) is 5.82 Å². The number of nitrogens with one attached hydrogen (secondary N) is 2. The minimum absolute atomic E-state index is 0.0667. The van der Waals surface area contributed by atoms with E-state index in [-0.39, 0.29) is 23.0 Å². The molecule has 3 heterocycles. The van der Waals surface area contributed by atoms with Gasteiger partial charge in [-0.15, -0.1) is 0 Å². The number of hydrogen-bond donors (Lipinski definition) is 2. The molecule has 2 N–H and O–H groups in total. The molecule has 0 aliphatic carbocycles. The molecule has 0 bridgehead atoms. The quantitative estimate of drug-likeness (QED) is 0.461. The molecule has 0 atom stereocenters. The van der Waals surface area contributed by atoms with Crippen molar-refractivity contribution in [3.05, 3.63) is 54.0 Å². The molecule has 11 heteroatoms. The van der Waals surface area contributed by atoms with Crippen LogP contribution in [0.2, 0.25) is 0 Å². The lowest BCUT2D eigenvalue weighted by Crippen LogP contribution is -2.27. The fraction of sp³-hybridized carbons (Fsp3) is 0.333. The maximum Gasteiger partial charge on any atom is 0.433 e. The number of alkyl halides is 5. The Bertz CT molecular complexity index is 1100. The normalized spacial score (nSPS) is 12.5. The van der Waals surface area contributed by atoms with E-state index in [1.165, 1.54) is 36.5 Å². The lowest BCUT2D eigenvalue weighted by molar-refractivity contribution is -0.141. The Hall–Kier alpha value is -3.37. The Morgan fingerprint density at radius 2 is 1.47 bits per heavy atom. The number of pyridine rings is 2. The first-order valence-electron chi connectivity index (χ1n) is 9.54. The van der Waals surface area contributed by atoms with Gasteiger partial charge in [0.1, 0.15) is 28.7 Å². The largest absolute Gasteiger partial charge is 0.433 e. The van der Waals surface area contributed by atoms with Gasteiger partial charge in [-0.1, -0.05) is 6.07 Å². The lowest BCUT2D eigenvalue weighted by atomic mass is 10.1. The third kappa shape index (κ3) is 6.08. The topological polar surface area (TPSA) is 75.6 Å². The van der Waals surface area contributed by atoms with Crippen LogP contribution in [0.4, 0.5) is 39.3 Å². The Kier molecular flexibility index (Phi) is 6.03. The van der Waals surface area contributed by atoms with Crippen LogP contribution >= 0.6 is 0 Å². The Labute approximate surface area is 181 Å². The molecule has 0 saturated heterocycles. The molecular weight excluding hydrogens is 431 g/mol. The number of hydrogen-bond acceptors (Lipinski definition) is 6. The molecule has 0 spiro atoms. The summed E-state index contributed by atoms with van der Waals surface area (Å²) < 4.78 is 66.5. The highest BCUT2D eigenvalue weighted by atomic mass is 19.4. The van der Waals surface area contributed by atoms with E-state index in [1.54, 1.807) is 0 Å². The van der Waals surface area contributed by atoms with Gasteiger partial charge < -0.3 is 10.6 Å². The van der Waals surface area contributed by atoms with Gasteiger partial charge in [-0.25, -0.2) is 15.0 Å². The van der Waals surface area contributed by atoms with E-state index in [1.807, 2.05) is 20.8 Å². The summed E-state index contributed by atoms with van der Waals surface area (Å²) in [5.74, 6) is -2.71. The van der Waals surface area contributed by atoms with Gasteiger partial charge in [0.2, 0.25) is 0 Å². The average Bonchev–Trinajstić information content (AvgIpc) is 2.65. The van der Waals surface area contributed by atoms with Crippen LogP contribution < -0.4 is 10.6 Å². The molecule has 0 aliphatic rings. The highest BCUT2D eigenvalue weighted by Crippen LogP contribution is 2.31. The molecule has 6 nitrogen and oxygen atoms in total. The van der Waals surface area contributed by atoms with Crippen LogP contribution in [0.1, 0.15) is 39.1 Å². The molecule has 3 rings (SSSR count). The third-order valence-corrected chi connectivity index (χ3v) is 3.98. The second kappa shape index (κ2) is 8.29. The van der Waals surface area contributed by atoms with Gasteiger partial charge in [-0.05, 0) is 45.0 Å². The molecule has 3 aromatic rings. The van der Waals surface area contributed by atoms with Gasteiger partial charge in [0, 0.05) is 30.4 Å². The predicted octanol–water partition coefficient (Wildman–Crippen LogP) is 6.02. The minimum Gasteiger partial charge on any atom is -0.365 e. The van der Waals surface area contributed by atoms with E-state index in [9.17, 15) is 22.0 Å². The van der Waals surface area contributed by atoms with Crippen molar-refractivity contribution in [1.29, 1.82) is 0 Å². The van der Waals surface area contributed by atoms with Gasteiger partial charge in [0.25, 0.3) is 5.92 Å². The number of aromatic nitrogens is 4. The van der Waals surface area contributed by atoms with Crippen molar-refractivity contribution >= 4 is 17.3 Å². The Morgan fingerprint density at radius 1 is 0.781 bits per heavy atom. The molecular formula is C21H21F5N6. The van der Waals surface area contributed by atoms with Crippen LogP contribution in [-0.2, 0) is 12.1 Å². The van der Waals surface area contributed by atoms with Crippen molar-refractivity contribution in [2.45, 2.75) is 45.3 Å². The van der Waals surface area contributed by atoms with Crippen LogP contribution in [0.15, 0.2) is 42.6 Å². The van der Waals surface area contributed by atoms with Crippen molar-refractivity contribution < 1.29 is 22.0 Å². The zero-order valence-electron chi connectivity index (χ0n) is 17.7. The predicted molar refractivity (Wildman–Crippen MR) is 111 cm³/mol. The summed E-state index contributed by atoms with van der Waals surface area (Å²) in [7, 11) is 0. The Balaban J connectivity index is 2.05. The molecule has 0 aromatic carbocycles. The summed E-state index contributed by atoms with van der Waals surface area (Å²) in [5, 5.41) is 6.01. The summed E-state index contributed by atoms with van der Waals surface area (Å²) in [6.45, 7) is 6.36. The molecule has 3 aromatic heterocycles.